The van der Waals surface area contributed by atoms with Crippen LogP contribution in [0.3, 0.4) is 0 Å². The summed E-state index contributed by atoms with van der Waals surface area (Å²) in [4.78, 5) is 42.2. The van der Waals surface area contributed by atoms with Crippen LogP contribution in [-0.2, 0) is 28.0 Å². The zero-order chi connectivity index (χ0) is 28.7. The lowest BCUT2D eigenvalue weighted by Crippen LogP contribution is -2.30. The average Bonchev–Trinajstić information content (AvgIpc) is 3.17. The van der Waals surface area contributed by atoms with E-state index in [2.05, 4.69) is 10.3 Å². The predicted octanol–water partition coefficient (Wildman–Crippen LogP) is 4.30. The number of benzene rings is 1. The zero-order valence-electron chi connectivity index (χ0n) is 23.8. The molecule has 1 aliphatic heterocycles. The molecule has 1 amide bonds. The smallest absolute Gasteiger partial charge is 0.341 e. The zero-order valence-corrected chi connectivity index (χ0v) is 25.5. The van der Waals surface area contributed by atoms with Crippen LogP contribution in [-0.4, -0.2) is 64.8 Å². The van der Waals surface area contributed by atoms with E-state index in [0.717, 1.165) is 17.7 Å². The van der Waals surface area contributed by atoms with Gasteiger partial charge < -0.3 is 24.8 Å². The number of aromatic nitrogens is 1. The number of amidine groups is 1. The number of carbonyl (C=O) groups is 3. The third-order valence-electron chi connectivity index (χ3n) is 6.36. The molecular formula is C29H39BrN4O6. The molecule has 0 unspecified atom stereocenters. The van der Waals surface area contributed by atoms with Crippen LogP contribution in [0.15, 0.2) is 24.3 Å². The van der Waals surface area contributed by atoms with Gasteiger partial charge in [0.1, 0.15) is 11.5 Å². The Hall–Kier alpha value is -3.47. The largest absolute Gasteiger partial charge is 0.490 e. The molecule has 1 aromatic carbocycles. The summed E-state index contributed by atoms with van der Waals surface area (Å²) in [6.07, 6.45) is 2.10. The summed E-state index contributed by atoms with van der Waals surface area (Å²) in [5, 5.41) is 20.5. The number of fused-ring (bicyclic) bond motifs is 1. The summed E-state index contributed by atoms with van der Waals surface area (Å²) in [6.45, 7) is 10.0. The van der Waals surface area contributed by atoms with Crippen molar-refractivity contribution < 1.29 is 29.0 Å². The molecule has 2 aromatic rings. The van der Waals surface area contributed by atoms with E-state index in [0.29, 0.717) is 60.9 Å². The molecule has 0 fully saturated rings. The molecule has 1 aliphatic rings. The predicted molar refractivity (Wildman–Crippen MR) is 157 cm³/mol. The van der Waals surface area contributed by atoms with Crippen molar-refractivity contribution in [3.05, 3.63) is 52.3 Å². The number of Topliss-reactive ketones (excluding diaryl/α,β-unsaturated/α-hetero) is 1. The van der Waals surface area contributed by atoms with Crippen molar-refractivity contribution in [2.75, 3.05) is 26.3 Å². The van der Waals surface area contributed by atoms with Crippen LogP contribution in [0.1, 0.15) is 80.3 Å². The molecule has 0 radical (unpaired) electrons. The maximum Gasteiger partial charge on any atom is 0.341 e. The van der Waals surface area contributed by atoms with Crippen molar-refractivity contribution in [3.63, 3.8) is 0 Å². The first-order valence-corrected chi connectivity index (χ1v) is 13.2. The number of pyridine rings is 1. The van der Waals surface area contributed by atoms with Crippen LogP contribution in [0.4, 0.5) is 0 Å². The maximum atomic E-state index is 13.5. The Morgan fingerprint density at radius 2 is 1.88 bits per heavy atom. The van der Waals surface area contributed by atoms with Gasteiger partial charge in [0.15, 0.2) is 23.9 Å². The number of hydrogen-bond acceptors (Lipinski definition) is 7. The lowest BCUT2D eigenvalue weighted by Gasteiger charge is -2.26. The molecule has 0 saturated carbocycles. The van der Waals surface area contributed by atoms with E-state index in [1.807, 2.05) is 39.8 Å². The van der Waals surface area contributed by atoms with Gasteiger partial charge in [-0.05, 0) is 42.9 Å². The number of rotatable bonds is 13. The molecule has 0 atom stereocenters. The van der Waals surface area contributed by atoms with Crippen LogP contribution in [0, 0.1) is 5.41 Å². The number of carboxylic acid groups (broad SMARTS) is 1. The molecule has 11 heteroatoms. The molecule has 0 aliphatic carbocycles. The van der Waals surface area contributed by atoms with E-state index in [1.54, 1.807) is 17.0 Å². The number of nitrogens with zero attached hydrogens (tertiary/aromatic N) is 2. The molecule has 40 heavy (non-hydrogen) atoms. The van der Waals surface area contributed by atoms with E-state index in [4.69, 9.17) is 14.9 Å². The fourth-order valence-corrected chi connectivity index (χ4v) is 4.28. The molecule has 0 saturated heterocycles. The lowest BCUT2D eigenvalue weighted by molar-refractivity contribution is -0.139. The summed E-state index contributed by atoms with van der Waals surface area (Å²) < 4.78 is 11.7. The highest BCUT2D eigenvalue weighted by Crippen LogP contribution is 2.40. The van der Waals surface area contributed by atoms with Gasteiger partial charge in [0.05, 0.1) is 13.2 Å². The SMILES string of the molecule is Br.CCc1ccc2c(n1)C(=N)N(CC(=O)c1cc(OCCCCNC(C)=O)c(OCC(=O)O)c(C(C)(C)C)c1)C2. The molecule has 0 bridgehead atoms. The normalized spacial score (nSPS) is 12.4. The number of ether oxygens (including phenoxy) is 2. The minimum atomic E-state index is -1.12. The standard InChI is InChI=1S/C29H38N4O6.BrH/c1-6-21-10-9-19-15-33(28(30)26(19)32-21)16-23(35)20-13-22(29(3,4)5)27(39-17-25(36)37)24(14-20)38-12-8-7-11-31-18(2)34;/h9-10,13-14,30H,6-8,11-12,15-17H2,1-5H3,(H,31,34)(H,36,37);1H. The fraction of sp³-hybridized carbons (Fsp3) is 0.483. The van der Waals surface area contributed by atoms with Crippen molar-refractivity contribution in [2.24, 2.45) is 0 Å². The molecule has 3 N–H and O–H groups in total. The first-order chi connectivity index (χ1) is 18.4. The Labute approximate surface area is 245 Å². The Morgan fingerprint density at radius 3 is 2.50 bits per heavy atom. The summed E-state index contributed by atoms with van der Waals surface area (Å²) in [7, 11) is 0. The number of amides is 1. The molecule has 2 heterocycles. The number of carbonyl (C=O) groups excluding carboxylic acids is 2. The highest BCUT2D eigenvalue weighted by molar-refractivity contribution is 8.93. The van der Waals surface area contributed by atoms with Crippen molar-refractivity contribution in [2.45, 2.75) is 65.8 Å². The van der Waals surface area contributed by atoms with Crippen LogP contribution in [0.25, 0.3) is 0 Å². The van der Waals surface area contributed by atoms with Gasteiger partial charge in [-0.2, -0.15) is 0 Å². The van der Waals surface area contributed by atoms with E-state index in [-0.39, 0.29) is 41.1 Å². The van der Waals surface area contributed by atoms with Gasteiger partial charge in [0.25, 0.3) is 0 Å². The second-order valence-corrected chi connectivity index (χ2v) is 10.6. The topological polar surface area (TPSA) is 142 Å². The third kappa shape index (κ3) is 8.51. The first kappa shape index (κ1) is 32.7. The molecule has 3 rings (SSSR count). The number of hydrogen-bond donors (Lipinski definition) is 3. The number of carboxylic acids is 1. The van der Waals surface area contributed by atoms with Crippen molar-refractivity contribution in [1.82, 2.24) is 15.2 Å². The Morgan fingerprint density at radius 1 is 1.15 bits per heavy atom. The van der Waals surface area contributed by atoms with E-state index >= 15 is 0 Å². The van der Waals surface area contributed by atoms with Crippen LogP contribution >= 0.6 is 17.0 Å². The van der Waals surface area contributed by atoms with Crippen LogP contribution in [0.2, 0.25) is 0 Å². The Balaban J connectivity index is 0.00000560. The number of unbranched alkanes of at least 4 members (excludes halogenated alkanes) is 1. The van der Waals surface area contributed by atoms with E-state index in [9.17, 15) is 19.5 Å². The molecule has 1 aromatic heterocycles. The highest BCUT2D eigenvalue weighted by atomic mass is 79.9. The Bertz CT molecular complexity index is 1260. The number of ketones is 1. The van der Waals surface area contributed by atoms with Crippen molar-refractivity contribution in [3.8, 4) is 11.5 Å². The van der Waals surface area contributed by atoms with E-state index in [1.165, 1.54) is 6.92 Å². The van der Waals surface area contributed by atoms with Gasteiger partial charge in [-0.25, -0.2) is 9.78 Å². The number of halogens is 1. The van der Waals surface area contributed by atoms with Gasteiger partial charge in [-0.3, -0.25) is 15.0 Å². The first-order valence-electron chi connectivity index (χ1n) is 13.2. The summed E-state index contributed by atoms with van der Waals surface area (Å²) in [6, 6.07) is 7.22. The molecule has 10 nitrogen and oxygen atoms in total. The highest BCUT2D eigenvalue weighted by Gasteiger charge is 2.30. The monoisotopic (exact) mass is 618 g/mol. The van der Waals surface area contributed by atoms with E-state index < -0.39 is 18.0 Å². The lowest BCUT2D eigenvalue weighted by atomic mass is 9.84. The van der Waals surface area contributed by atoms with Crippen LogP contribution < -0.4 is 14.8 Å². The third-order valence-corrected chi connectivity index (χ3v) is 6.36. The minimum Gasteiger partial charge on any atom is -0.490 e. The quantitative estimate of drug-likeness (QED) is 0.223. The molecular weight excluding hydrogens is 580 g/mol. The molecule has 218 valence electrons. The summed E-state index contributed by atoms with van der Waals surface area (Å²) >= 11 is 0. The molecule has 0 spiro atoms. The number of aryl methyl sites for hydroxylation is 1. The van der Waals surface area contributed by atoms with Crippen molar-refractivity contribution in [1.29, 1.82) is 5.41 Å². The van der Waals surface area contributed by atoms with Gasteiger partial charge >= 0.3 is 5.97 Å². The fourth-order valence-electron chi connectivity index (χ4n) is 4.28. The second-order valence-electron chi connectivity index (χ2n) is 10.6. The van der Waals surface area contributed by atoms with Gasteiger partial charge in [-0.1, -0.05) is 33.8 Å². The van der Waals surface area contributed by atoms with Gasteiger partial charge in [-0.15, -0.1) is 17.0 Å². The number of nitrogens with one attached hydrogen (secondary N) is 2. The summed E-state index contributed by atoms with van der Waals surface area (Å²) in [5.74, 6) is -0.613. The average molecular weight is 620 g/mol. The van der Waals surface area contributed by atoms with Gasteiger partial charge in [0.2, 0.25) is 5.91 Å². The Kier molecular flexibility index (Phi) is 11.7. The number of aliphatic carboxylic acids is 1. The van der Waals surface area contributed by atoms with Gasteiger partial charge in [0, 0.05) is 42.4 Å². The maximum absolute atomic E-state index is 13.5. The second kappa shape index (κ2) is 14.2. The summed E-state index contributed by atoms with van der Waals surface area (Å²) in [5.41, 5.74) is 2.99. The van der Waals surface area contributed by atoms with Crippen LogP contribution in [0.5, 0.6) is 11.5 Å². The minimum absolute atomic E-state index is 0. The van der Waals surface area contributed by atoms with Crippen molar-refractivity contribution >= 4 is 40.5 Å².